The number of benzene rings is 2. The molecule has 2 aromatic rings. The van der Waals surface area contributed by atoms with Crippen LogP contribution in [-0.2, 0) is 4.79 Å². The summed E-state index contributed by atoms with van der Waals surface area (Å²) in [6, 6.07) is 8.56. The van der Waals surface area contributed by atoms with Crippen molar-refractivity contribution < 1.29 is 23.7 Å². The van der Waals surface area contributed by atoms with Gasteiger partial charge in [0.05, 0.1) is 52.4 Å². The van der Waals surface area contributed by atoms with Crippen molar-refractivity contribution in [2.75, 3.05) is 40.3 Å². The fourth-order valence-electron chi connectivity index (χ4n) is 3.50. The van der Waals surface area contributed by atoms with Crippen LogP contribution >= 0.6 is 0 Å². The molecule has 3 rings (SSSR count). The average molecular weight is 455 g/mol. The lowest BCUT2D eigenvalue weighted by Gasteiger charge is -2.18. The number of nitrogens with one attached hydrogen (secondary N) is 1. The molecule has 0 radical (unpaired) electrons. The number of nitrogens with two attached hydrogens (primary N) is 1. The van der Waals surface area contributed by atoms with E-state index in [1.54, 1.807) is 34.5 Å². The number of azo groups is 1. The van der Waals surface area contributed by atoms with E-state index in [0.717, 1.165) is 16.7 Å². The molecule has 0 saturated heterocycles. The molecule has 1 aliphatic heterocycles. The summed E-state index contributed by atoms with van der Waals surface area (Å²) in [5.41, 5.74) is 9.71. The van der Waals surface area contributed by atoms with Crippen molar-refractivity contribution in [3.8, 4) is 23.0 Å². The van der Waals surface area contributed by atoms with Crippen molar-refractivity contribution in [3.05, 3.63) is 41.5 Å². The molecule has 9 nitrogen and oxygen atoms in total. The lowest BCUT2D eigenvalue weighted by atomic mass is 9.99. The third kappa shape index (κ3) is 4.93. The van der Waals surface area contributed by atoms with Crippen molar-refractivity contribution in [2.24, 2.45) is 21.9 Å². The molecule has 0 saturated carbocycles. The number of hydrogen-bond donors (Lipinski definition) is 2. The molecule has 1 aliphatic rings. The highest BCUT2D eigenvalue weighted by Gasteiger charge is 2.23. The molecule has 1 unspecified atom stereocenters. The van der Waals surface area contributed by atoms with Crippen LogP contribution in [0.2, 0.25) is 0 Å². The normalized spacial score (nSPS) is 13.8. The Balaban J connectivity index is 2.06. The van der Waals surface area contributed by atoms with Crippen molar-refractivity contribution in [3.63, 3.8) is 0 Å². The van der Waals surface area contributed by atoms with Gasteiger partial charge in [-0.25, -0.2) is 0 Å². The minimum Gasteiger partial charge on any atom is -0.495 e. The number of methoxy groups -OCH3 is 4. The van der Waals surface area contributed by atoms with Gasteiger partial charge < -0.3 is 30.0 Å². The Hall–Kier alpha value is -3.59. The number of amides is 1. The number of carbonyl (C=O) groups excluding carboxylic acids is 1. The van der Waals surface area contributed by atoms with E-state index < -0.39 is 6.04 Å². The van der Waals surface area contributed by atoms with Crippen molar-refractivity contribution in [1.29, 1.82) is 0 Å². The van der Waals surface area contributed by atoms with Gasteiger partial charge in [-0.3, -0.25) is 4.79 Å². The van der Waals surface area contributed by atoms with E-state index in [-0.39, 0.29) is 11.8 Å². The van der Waals surface area contributed by atoms with E-state index in [2.05, 4.69) is 15.5 Å². The molecule has 0 aliphatic carbocycles. The van der Waals surface area contributed by atoms with Gasteiger partial charge in [-0.2, -0.15) is 10.2 Å². The Kier molecular flexibility index (Phi) is 7.55. The van der Waals surface area contributed by atoms with E-state index in [0.29, 0.717) is 40.9 Å². The average Bonchev–Trinajstić information content (AvgIpc) is 3.32. The fourth-order valence-corrected chi connectivity index (χ4v) is 3.50. The molecule has 2 aromatic carbocycles. The topological polar surface area (TPSA) is 117 Å². The first-order valence-corrected chi connectivity index (χ1v) is 10.5. The molecule has 1 heterocycles. The zero-order valence-electron chi connectivity index (χ0n) is 19.8. The van der Waals surface area contributed by atoms with Crippen molar-refractivity contribution >= 4 is 22.9 Å². The summed E-state index contributed by atoms with van der Waals surface area (Å²) in [6.45, 7) is 4.18. The third-order valence-electron chi connectivity index (χ3n) is 5.45. The van der Waals surface area contributed by atoms with E-state index in [1.165, 1.54) is 0 Å². The van der Waals surface area contributed by atoms with Gasteiger partial charge in [-0.05, 0) is 35.7 Å². The first-order chi connectivity index (χ1) is 15.8. The third-order valence-corrected chi connectivity index (χ3v) is 5.45. The summed E-state index contributed by atoms with van der Waals surface area (Å²) >= 11 is 0. The van der Waals surface area contributed by atoms with Crippen LogP contribution < -0.4 is 30.0 Å². The largest absolute Gasteiger partial charge is 0.495 e. The highest BCUT2D eigenvalue weighted by molar-refractivity contribution is 5.98. The Morgan fingerprint density at radius 2 is 1.58 bits per heavy atom. The predicted molar refractivity (Wildman–Crippen MR) is 127 cm³/mol. The van der Waals surface area contributed by atoms with Gasteiger partial charge in [-0.1, -0.05) is 19.9 Å². The van der Waals surface area contributed by atoms with Crippen molar-refractivity contribution in [2.45, 2.75) is 19.9 Å². The number of rotatable bonds is 9. The molecule has 3 N–H and O–H groups in total. The maximum absolute atomic E-state index is 12.6. The lowest BCUT2D eigenvalue weighted by molar-refractivity contribution is -0.118. The molecule has 1 atom stereocenters. The van der Waals surface area contributed by atoms with Crippen LogP contribution in [0, 0.1) is 5.92 Å². The molecule has 9 heteroatoms. The van der Waals surface area contributed by atoms with Crippen LogP contribution in [0.5, 0.6) is 23.0 Å². The van der Waals surface area contributed by atoms with E-state index >= 15 is 0 Å². The summed E-state index contributed by atoms with van der Waals surface area (Å²) in [4.78, 5) is 12.6. The molecule has 1 amide bonds. The Morgan fingerprint density at radius 1 is 0.939 bits per heavy atom. The molecule has 0 spiro atoms. The van der Waals surface area contributed by atoms with Gasteiger partial charge in [0.2, 0.25) is 11.7 Å². The standard InChI is InChI=1S/C24H30N4O5/c1-13(2)21(25)24(29)27-17-9-14(7-8-18(17)30-3)16-12-26-28-22(16)15-10-19(31-4)23(33-6)20(11-15)32-5/h7-11,13,21H,12,25H2,1-6H3,(H,27,29). The second kappa shape index (κ2) is 10.4. The van der Waals surface area contributed by atoms with Gasteiger partial charge in [0.1, 0.15) is 5.75 Å². The molecule has 0 aromatic heterocycles. The molecule has 176 valence electrons. The summed E-state index contributed by atoms with van der Waals surface area (Å²) in [5, 5.41) is 11.5. The minimum atomic E-state index is -0.635. The highest BCUT2D eigenvalue weighted by Crippen LogP contribution is 2.43. The lowest BCUT2D eigenvalue weighted by Crippen LogP contribution is -2.39. The summed E-state index contributed by atoms with van der Waals surface area (Å²) in [5.74, 6) is 1.79. The quantitative estimate of drug-likeness (QED) is 0.592. The van der Waals surface area contributed by atoms with Crippen molar-refractivity contribution in [1.82, 2.24) is 0 Å². The first-order valence-electron chi connectivity index (χ1n) is 10.5. The summed E-state index contributed by atoms with van der Waals surface area (Å²) < 4.78 is 21.8. The van der Waals surface area contributed by atoms with Crippen LogP contribution in [-0.4, -0.2) is 46.9 Å². The van der Waals surface area contributed by atoms with Gasteiger partial charge in [0, 0.05) is 11.1 Å². The molecule has 33 heavy (non-hydrogen) atoms. The highest BCUT2D eigenvalue weighted by atomic mass is 16.5. The Bertz CT molecular complexity index is 1070. The smallest absolute Gasteiger partial charge is 0.241 e. The Morgan fingerprint density at radius 3 is 2.12 bits per heavy atom. The van der Waals surface area contributed by atoms with E-state index in [1.807, 2.05) is 38.1 Å². The van der Waals surface area contributed by atoms with Crippen LogP contribution in [0.25, 0.3) is 11.3 Å². The van der Waals surface area contributed by atoms with Gasteiger partial charge in [0.25, 0.3) is 0 Å². The monoisotopic (exact) mass is 454 g/mol. The number of nitrogens with zero attached hydrogens (tertiary/aromatic N) is 2. The minimum absolute atomic E-state index is 0.000883. The van der Waals surface area contributed by atoms with E-state index in [4.69, 9.17) is 24.7 Å². The SMILES string of the molecule is COc1ccc(C2=C(c3cc(OC)c(OC)c(OC)c3)N=NC2)cc1NC(=O)C(N)C(C)C. The second-order valence-electron chi connectivity index (χ2n) is 7.81. The maximum Gasteiger partial charge on any atom is 0.241 e. The van der Waals surface area contributed by atoms with Crippen LogP contribution in [0.3, 0.4) is 0 Å². The van der Waals surface area contributed by atoms with Gasteiger partial charge in [0.15, 0.2) is 11.5 Å². The number of anilines is 1. The maximum atomic E-state index is 12.6. The summed E-state index contributed by atoms with van der Waals surface area (Å²) in [7, 11) is 6.23. The number of carbonyl (C=O) groups is 1. The second-order valence-corrected chi connectivity index (χ2v) is 7.81. The van der Waals surface area contributed by atoms with Gasteiger partial charge >= 0.3 is 0 Å². The van der Waals surface area contributed by atoms with Crippen LogP contribution in [0.4, 0.5) is 5.69 Å². The van der Waals surface area contributed by atoms with Crippen LogP contribution in [0.15, 0.2) is 40.6 Å². The van der Waals surface area contributed by atoms with Crippen LogP contribution in [0.1, 0.15) is 25.0 Å². The molecule has 0 bridgehead atoms. The number of hydrogen-bond acceptors (Lipinski definition) is 8. The molecular weight excluding hydrogens is 424 g/mol. The molecule has 0 fully saturated rings. The molecular formula is C24H30N4O5. The fraction of sp³-hybridized carbons (Fsp3) is 0.375. The summed E-state index contributed by atoms with van der Waals surface area (Å²) in [6.07, 6.45) is 0. The van der Waals surface area contributed by atoms with Gasteiger partial charge in [-0.15, -0.1) is 0 Å². The zero-order valence-corrected chi connectivity index (χ0v) is 19.8. The number of ether oxygens (including phenoxy) is 4. The zero-order chi connectivity index (χ0) is 24.1. The van der Waals surface area contributed by atoms with E-state index in [9.17, 15) is 4.79 Å². The first kappa shape index (κ1) is 24.1. The Labute approximate surface area is 193 Å². The predicted octanol–water partition coefficient (Wildman–Crippen LogP) is 3.98.